The van der Waals surface area contributed by atoms with E-state index in [4.69, 9.17) is 9.47 Å². The Labute approximate surface area is 116 Å². The smallest absolute Gasteiger partial charge is 0.131 e. The van der Waals surface area contributed by atoms with Crippen molar-refractivity contribution in [3.05, 3.63) is 60.9 Å². The van der Waals surface area contributed by atoms with Crippen molar-refractivity contribution < 1.29 is 9.47 Å². The molecule has 0 N–H and O–H groups in total. The normalized spacial score (nSPS) is 10.7. The molecule has 0 amide bonds. The van der Waals surface area contributed by atoms with E-state index in [1.54, 1.807) is 6.08 Å². The second-order valence-corrected chi connectivity index (χ2v) is 4.93. The van der Waals surface area contributed by atoms with Crippen LogP contribution in [0.15, 0.2) is 60.9 Å². The van der Waals surface area contributed by atoms with Crippen LogP contribution in [0.3, 0.4) is 0 Å². The highest BCUT2D eigenvalue weighted by Gasteiger charge is 2.00. The Morgan fingerprint density at radius 2 is 1.89 bits per heavy atom. The minimum atomic E-state index is 0.498. The first-order chi connectivity index (χ1) is 8.97. The maximum Gasteiger partial charge on any atom is 0.131 e. The SMILES string of the molecule is C=C(C)/C=C\C(=C)Oc1cccc(OCC(C)C)c1. The molecule has 0 heterocycles. The van der Waals surface area contributed by atoms with Crippen molar-refractivity contribution in [3.63, 3.8) is 0 Å². The summed E-state index contributed by atoms with van der Waals surface area (Å²) < 4.78 is 11.3. The lowest BCUT2D eigenvalue weighted by Crippen LogP contribution is -2.04. The van der Waals surface area contributed by atoms with Gasteiger partial charge in [0, 0.05) is 6.07 Å². The van der Waals surface area contributed by atoms with Crippen LogP contribution in [0.5, 0.6) is 11.5 Å². The van der Waals surface area contributed by atoms with Crippen molar-refractivity contribution in [1.82, 2.24) is 0 Å². The summed E-state index contributed by atoms with van der Waals surface area (Å²) in [5, 5.41) is 0. The first-order valence-corrected chi connectivity index (χ1v) is 6.40. The van der Waals surface area contributed by atoms with Gasteiger partial charge in [0.15, 0.2) is 0 Å². The summed E-state index contributed by atoms with van der Waals surface area (Å²) in [5.41, 5.74) is 0.957. The van der Waals surface area contributed by atoms with E-state index in [2.05, 4.69) is 27.0 Å². The van der Waals surface area contributed by atoms with E-state index in [-0.39, 0.29) is 0 Å². The van der Waals surface area contributed by atoms with E-state index in [1.165, 1.54) is 0 Å². The van der Waals surface area contributed by atoms with Gasteiger partial charge in [-0.05, 0) is 31.1 Å². The summed E-state index contributed by atoms with van der Waals surface area (Å²) in [4.78, 5) is 0. The van der Waals surface area contributed by atoms with Crippen molar-refractivity contribution in [2.45, 2.75) is 20.8 Å². The number of ether oxygens (including phenoxy) is 2. The molecule has 0 fully saturated rings. The Hall–Kier alpha value is -1.96. The van der Waals surface area contributed by atoms with Gasteiger partial charge in [-0.3, -0.25) is 0 Å². The third kappa shape index (κ3) is 6.51. The van der Waals surface area contributed by atoms with Crippen LogP contribution >= 0.6 is 0 Å². The Balaban J connectivity index is 2.61. The summed E-state index contributed by atoms with van der Waals surface area (Å²) in [6, 6.07) is 7.56. The van der Waals surface area contributed by atoms with E-state index in [9.17, 15) is 0 Å². The molecule has 0 bridgehead atoms. The van der Waals surface area contributed by atoms with Gasteiger partial charge < -0.3 is 9.47 Å². The maximum atomic E-state index is 5.65. The minimum Gasteiger partial charge on any atom is -0.493 e. The van der Waals surface area contributed by atoms with Crippen LogP contribution in [0.2, 0.25) is 0 Å². The summed E-state index contributed by atoms with van der Waals surface area (Å²) in [7, 11) is 0. The lowest BCUT2D eigenvalue weighted by Gasteiger charge is -2.10. The molecule has 0 saturated carbocycles. The van der Waals surface area contributed by atoms with Crippen LogP contribution in [0, 0.1) is 5.92 Å². The van der Waals surface area contributed by atoms with Crippen LogP contribution < -0.4 is 9.47 Å². The lowest BCUT2D eigenvalue weighted by atomic mass is 10.2. The molecule has 0 aliphatic heterocycles. The summed E-state index contributed by atoms with van der Waals surface area (Å²) in [6.07, 6.45) is 3.66. The molecular formula is C17H22O2. The quantitative estimate of drug-likeness (QED) is 0.519. The molecule has 2 nitrogen and oxygen atoms in total. The highest BCUT2D eigenvalue weighted by atomic mass is 16.5. The molecule has 1 aromatic rings. The molecule has 0 aromatic heterocycles. The minimum absolute atomic E-state index is 0.498. The van der Waals surface area contributed by atoms with Crippen LogP contribution in [0.25, 0.3) is 0 Å². The predicted molar refractivity (Wildman–Crippen MR) is 80.5 cm³/mol. The Bertz CT molecular complexity index is 470. The number of allylic oxidation sites excluding steroid dienone is 3. The van der Waals surface area contributed by atoms with Gasteiger partial charge in [0.1, 0.15) is 17.3 Å². The average molecular weight is 258 g/mol. The van der Waals surface area contributed by atoms with Gasteiger partial charge in [-0.2, -0.15) is 0 Å². The zero-order valence-corrected chi connectivity index (χ0v) is 12.0. The van der Waals surface area contributed by atoms with Crippen molar-refractivity contribution in [2.24, 2.45) is 5.92 Å². The zero-order chi connectivity index (χ0) is 14.3. The number of hydrogen-bond donors (Lipinski definition) is 0. The Morgan fingerprint density at radius 3 is 2.53 bits per heavy atom. The molecule has 0 aliphatic carbocycles. The van der Waals surface area contributed by atoms with E-state index in [1.807, 2.05) is 37.3 Å². The van der Waals surface area contributed by atoms with Gasteiger partial charge in [0.2, 0.25) is 0 Å². The molecular weight excluding hydrogens is 236 g/mol. The predicted octanol–water partition coefficient (Wildman–Crippen LogP) is 4.75. The molecule has 102 valence electrons. The van der Waals surface area contributed by atoms with Crippen molar-refractivity contribution in [1.29, 1.82) is 0 Å². The van der Waals surface area contributed by atoms with Crippen molar-refractivity contribution in [2.75, 3.05) is 6.61 Å². The molecule has 0 atom stereocenters. The molecule has 0 aliphatic rings. The maximum absolute atomic E-state index is 5.65. The third-order valence-electron chi connectivity index (χ3n) is 2.19. The lowest BCUT2D eigenvalue weighted by molar-refractivity contribution is 0.270. The topological polar surface area (TPSA) is 18.5 Å². The van der Waals surface area contributed by atoms with Gasteiger partial charge in [-0.15, -0.1) is 0 Å². The van der Waals surface area contributed by atoms with Crippen LogP contribution in [-0.4, -0.2) is 6.61 Å². The van der Waals surface area contributed by atoms with E-state index >= 15 is 0 Å². The first kappa shape index (κ1) is 15.1. The number of benzene rings is 1. The third-order valence-corrected chi connectivity index (χ3v) is 2.19. The molecule has 0 saturated heterocycles. The van der Waals surface area contributed by atoms with Crippen molar-refractivity contribution in [3.8, 4) is 11.5 Å². The van der Waals surface area contributed by atoms with Crippen molar-refractivity contribution >= 4 is 0 Å². The second kappa shape index (κ2) is 7.47. The molecule has 0 radical (unpaired) electrons. The number of hydrogen-bond acceptors (Lipinski definition) is 2. The van der Waals surface area contributed by atoms with Gasteiger partial charge in [-0.1, -0.05) is 44.7 Å². The summed E-state index contributed by atoms with van der Waals surface area (Å²) in [5.74, 6) is 2.60. The fourth-order valence-electron chi connectivity index (χ4n) is 1.31. The zero-order valence-electron chi connectivity index (χ0n) is 12.0. The van der Waals surface area contributed by atoms with Gasteiger partial charge in [0.25, 0.3) is 0 Å². The number of rotatable bonds is 7. The summed E-state index contributed by atoms with van der Waals surface area (Å²) in [6.45, 7) is 14.5. The molecule has 1 aromatic carbocycles. The molecule has 0 spiro atoms. The van der Waals surface area contributed by atoms with Gasteiger partial charge in [0.05, 0.1) is 6.61 Å². The van der Waals surface area contributed by atoms with Crippen LogP contribution in [0.4, 0.5) is 0 Å². The molecule has 2 heteroatoms. The average Bonchev–Trinajstić information content (AvgIpc) is 2.34. The monoisotopic (exact) mass is 258 g/mol. The van der Waals surface area contributed by atoms with Gasteiger partial charge in [-0.25, -0.2) is 0 Å². The van der Waals surface area contributed by atoms with Crippen LogP contribution in [0.1, 0.15) is 20.8 Å². The van der Waals surface area contributed by atoms with E-state index < -0.39 is 0 Å². The van der Waals surface area contributed by atoms with E-state index in [0.29, 0.717) is 18.3 Å². The highest BCUT2D eigenvalue weighted by Crippen LogP contribution is 2.21. The summed E-state index contributed by atoms with van der Waals surface area (Å²) >= 11 is 0. The highest BCUT2D eigenvalue weighted by molar-refractivity contribution is 5.35. The molecule has 19 heavy (non-hydrogen) atoms. The van der Waals surface area contributed by atoms with Crippen LogP contribution in [-0.2, 0) is 0 Å². The largest absolute Gasteiger partial charge is 0.493 e. The fourth-order valence-corrected chi connectivity index (χ4v) is 1.31. The molecule has 1 rings (SSSR count). The fraction of sp³-hybridized carbons (Fsp3) is 0.294. The van der Waals surface area contributed by atoms with E-state index in [0.717, 1.165) is 17.1 Å². The first-order valence-electron chi connectivity index (χ1n) is 6.40. The second-order valence-electron chi connectivity index (χ2n) is 4.93. The van der Waals surface area contributed by atoms with Gasteiger partial charge >= 0.3 is 0 Å². The Kier molecular flexibility index (Phi) is 5.94. The standard InChI is InChI=1S/C17H22O2/c1-13(2)9-10-15(5)19-17-8-6-7-16(11-17)18-12-14(3)4/h6-11,14H,1,5,12H2,2-4H3/b10-9-. The Morgan fingerprint density at radius 1 is 1.21 bits per heavy atom. The molecule has 0 unspecified atom stereocenters.